The van der Waals surface area contributed by atoms with Crippen molar-refractivity contribution >= 4 is 28.2 Å². The van der Waals surface area contributed by atoms with E-state index in [-0.39, 0.29) is 11.4 Å². The molecule has 0 bridgehead atoms. The van der Waals surface area contributed by atoms with Gasteiger partial charge in [-0.2, -0.15) is 0 Å². The van der Waals surface area contributed by atoms with Crippen LogP contribution < -0.4 is 5.73 Å². The average molecular weight is 229 g/mol. The highest BCUT2D eigenvalue weighted by Crippen LogP contribution is 2.27. The average Bonchev–Trinajstić information content (AvgIpc) is 2.18. The number of pyridine rings is 1. The van der Waals surface area contributed by atoms with Crippen LogP contribution in [0.25, 0.3) is 10.9 Å². The summed E-state index contributed by atoms with van der Waals surface area (Å²) in [5.74, 6) is 0. The fourth-order valence-corrected chi connectivity index (χ4v) is 1.53. The summed E-state index contributed by atoms with van der Waals surface area (Å²) in [6, 6.07) is 5.93. The molecule has 0 aliphatic heterocycles. The van der Waals surface area contributed by atoms with Crippen LogP contribution in [0.3, 0.4) is 0 Å². The zero-order valence-corrected chi connectivity index (χ0v) is 8.30. The first kappa shape index (κ1) is 10.1. The number of hydrogen-bond donors (Lipinski definition) is 1. The van der Waals surface area contributed by atoms with Crippen molar-refractivity contribution < 1.29 is 8.78 Å². The molecular weight excluding hydrogens is 222 g/mol. The van der Waals surface area contributed by atoms with E-state index in [1.807, 2.05) is 0 Å². The minimum absolute atomic E-state index is 0.262. The quantitative estimate of drug-likeness (QED) is 0.812. The summed E-state index contributed by atoms with van der Waals surface area (Å²) in [7, 11) is 0. The molecule has 2 rings (SSSR count). The number of hydrogen-bond acceptors (Lipinski definition) is 2. The molecule has 1 aromatic carbocycles. The summed E-state index contributed by atoms with van der Waals surface area (Å²) in [6.07, 6.45) is -2.62. The fourth-order valence-electron chi connectivity index (χ4n) is 1.36. The van der Waals surface area contributed by atoms with Crippen LogP contribution in [0.1, 0.15) is 12.1 Å². The number of rotatable bonds is 1. The molecule has 0 radical (unpaired) electrons. The summed E-state index contributed by atoms with van der Waals surface area (Å²) in [6.45, 7) is 0. The van der Waals surface area contributed by atoms with Crippen molar-refractivity contribution in [1.29, 1.82) is 0 Å². The van der Waals surface area contributed by atoms with Crippen LogP contribution in [0.15, 0.2) is 24.3 Å². The minimum atomic E-state index is -2.62. The predicted octanol–water partition coefficient (Wildman–Crippen LogP) is 3.41. The highest BCUT2D eigenvalue weighted by atomic mass is 35.5. The van der Waals surface area contributed by atoms with Gasteiger partial charge in [-0.05, 0) is 24.3 Å². The second kappa shape index (κ2) is 3.62. The Labute approximate surface area is 89.7 Å². The SMILES string of the molecule is Nc1cc(C(F)F)nc2ccc(Cl)cc12. The first-order valence-corrected chi connectivity index (χ1v) is 4.59. The second-order valence-electron chi connectivity index (χ2n) is 3.10. The fraction of sp³-hybridized carbons (Fsp3) is 0.100. The molecule has 0 aliphatic rings. The van der Waals surface area contributed by atoms with Gasteiger partial charge in [-0.3, -0.25) is 0 Å². The standard InChI is InChI=1S/C10H7ClF2N2/c11-5-1-2-8-6(3-5)7(14)4-9(15-8)10(12)13/h1-4,10H,(H2,14,15). The number of nitrogens with two attached hydrogens (primary N) is 1. The molecule has 0 atom stereocenters. The maximum absolute atomic E-state index is 12.4. The lowest BCUT2D eigenvalue weighted by Crippen LogP contribution is -1.95. The molecule has 1 aromatic heterocycles. The first-order valence-electron chi connectivity index (χ1n) is 4.22. The molecular formula is C10H7ClF2N2. The van der Waals surface area contributed by atoms with Crippen LogP contribution in [0.2, 0.25) is 5.02 Å². The summed E-state index contributed by atoms with van der Waals surface area (Å²) >= 11 is 5.76. The molecule has 0 spiro atoms. The molecule has 2 nitrogen and oxygen atoms in total. The molecule has 0 fully saturated rings. The van der Waals surface area contributed by atoms with Crippen LogP contribution in [0, 0.1) is 0 Å². The minimum Gasteiger partial charge on any atom is -0.398 e. The molecule has 0 unspecified atom stereocenters. The van der Waals surface area contributed by atoms with Crippen molar-refractivity contribution in [2.75, 3.05) is 5.73 Å². The molecule has 2 N–H and O–H groups in total. The van der Waals surface area contributed by atoms with E-state index in [0.717, 1.165) is 0 Å². The normalized spacial score (nSPS) is 11.2. The van der Waals surface area contributed by atoms with Crippen molar-refractivity contribution in [2.45, 2.75) is 6.43 Å². The summed E-state index contributed by atoms with van der Waals surface area (Å²) in [4.78, 5) is 3.79. The summed E-state index contributed by atoms with van der Waals surface area (Å²) in [5, 5.41) is 1.09. The Hall–Kier alpha value is -1.42. The van der Waals surface area contributed by atoms with Crippen molar-refractivity contribution in [3.8, 4) is 0 Å². The monoisotopic (exact) mass is 228 g/mol. The number of aromatic nitrogens is 1. The van der Waals surface area contributed by atoms with E-state index in [4.69, 9.17) is 17.3 Å². The lowest BCUT2D eigenvalue weighted by atomic mass is 10.1. The Balaban J connectivity index is 2.73. The zero-order chi connectivity index (χ0) is 11.0. The van der Waals surface area contributed by atoms with Gasteiger partial charge in [0.25, 0.3) is 6.43 Å². The van der Waals surface area contributed by atoms with E-state index in [2.05, 4.69) is 4.98 Å². The van der Waals surface area contributed by atoms with Gasteiger partial charge in [0, 0.05) is 16.1 Å². The van der Waals surface area contributed by atoms with Crippen LogP contribution in [-0.2, 0) is 0 Å². The molecule has 2 aromatic rings. The number of anilines is 1. The maximum Gasteiger partial charge on any atom is 0.280 e. The Morgan fingerprint density at radius 1 is 1.27 bits per heavy atom. The van der Waals surface area contributed by atoms with Crippen LogP contribution >= 0.6 is 11.6 Å². The Bertz CT molecular complexity index is 514. The van der Waals surface area contributed by atoms with E-state index >= 15 is 0 Å². The Kier molecular flexibility index (Phi) is 2.44. The number of fused-ring (bicyclic) bond motifs is 1. The molecule has 0 amide bonds. The van der Waals surface area contributed by atoms with Gasteiger partial charge in [-0.25, -0.2) is 13.8 Å². The van der Waals surface area contributed by atoms with Gasteiger partial charge in [-0.15, -0.1) is 0 Å². The molecule has 78 valence electrons. The van der Waals surface area contributed by atoms with Gasteiger partial charge in [0.1, 0.15) is 5.69 Å². The van der Waals surface area contributed by atoms with Crippen molar-refractivity contribution in [1.82, 2.24) is 4.98 Å². The van der Waals surface area contributed by atoms with Crippen molar-refractivity contribution in [3.63, 3.8) is 0 Å². The van der Waals surface area contributed by atoms with Gasteiger partial charge in [0.05, 0.1) is 5.52 Å². The highest BCUT2D eigenvalue weighted by molar-refractivity contribution is 6.31. The third kappa shape index (κ3) is 1.85. The lowest BCUT2D eigenvalue weighted by Gasteiger charge is -2.05. The highest BCUT2D eigenvalue weighted by Gasteiger charge is 2.11. The van der Waals surface area contributed by atoms with Gasteiger partial charge >= 0.3 is 0 Å². The van der Waals surface area contributed by atoms with Crippen LogP contribution in [-0.4, -0.2) is 4.98 Å². The molecule has 0 saturated carbocycles. The third-order valence-electron chi connectivity index (χ3n) is 2.05. The van der Waals surface area contributed by atoms with E-state index < -0.39 is 6.43 Å². The first-order chi connectivity index (χ1) is 7.08. The van der Waals surface area contributed by atoms with Gasteiger partial charge < -0.3 is 5.73 Å². The third-order valence-corrected chi connectivity index (χ3v) is 2.28. The Morgan fingerprint density at radius 2 is 2.00 bits per heavy atom. The zero-order valence-electron chi connectivity index (χ0n) is 7.55. The van der Waals surface area contributed by atoms with Crippen LogP contribution in [0.5, 0.6) is 0 Å². The molecule has 0 aliphatic carbocycles. The number of halogens is 3. The summed E-state index contributed by atoms with van der Waals surface area (Å²) < 4.78 is 24.8. The molecule has 5 heteroatoms. The predicted molar refractivity (Wildman–Crippen MR) is 56.1 cm³/mol. The van der Waals surface area contributed by atoms with E-state index in [1.54, 1.807) is 18.2 Å². The molecule has 0 saturated heterocycles. The summed E-state index contributed by atoms with van der Waals surface area (Å²) in [5.41, 5.74) is 6.00. The van der Waals surface area contributed by atoms with Crippen LogP contribution in [0.4, 0.5) is 14.5 Å². The van der Waals surface area contributed by atoms with E-state index in [0.29, 0.717) is 15.9 Å². The molecule has 1 heterocycles. The number of nitrogens with zero attached hydrogens (tertiary/aromatic N) is 1. The van der Waals surface area contributed by atoms with Gasteiger partial charge in [0.2, 0.25) is 0 Å². The lowest BCUT2D eigenvalue weighted by molar-refractivity contribution is 0.146. The molecule has 15 heavy (non-hydrogen) atoms. The Morgan fingerprint density at radius 3 is 2.67 bits per heavy atom. The number of alkyl halides is 2. The van der Waals surface area contributed by atoms with Crippen molar-refractivity contribution in [2.24, 2.45) is 0 Å². The van der Waals surface area contributed by atoms with Crippen molar-refractivity contribution in [3.05, 3.63) is 35.0 Å². The largest absolute Gasteiger partial charge is 0.398 e. The smallest absolute Gasteiger partial charge is 0.280 e. The maximum atomic E-state index is 12.4. The number of benzene rings is 1. The number of nitrogen functional groups attached to an aromatic ring is 1. The van der Waals surface area contributed by atoms with E-state index in [1.165, 1.54) is 6.07 Å². The van der Waals surface area contributed by atoms with Gasteiger partial charge in [0.15, 0.2) is 0 Å². The van der Waals surface area contributed by atoms with E-state index in [9.17, 15) is 8.78 Å². The van der Waals surface area contributed by atoms with Gasteiger partial charge in [-0.1, -0.05) is 11.6 Å². The topological polar surface area (TPSA) is 38.9 Å². The second-order valence-corrected chi connectivity index (χ2v) is 3.53.